The van der Waals surface area contributed by atoms with Crippen molar-refractivity contribution in [2.24, 2.45) is 0 Å². The van der Waals surface area contributed by atoms with Gasteiger partial charge in [-0.3, -0.25) is 9.59 Å². The molecule has 0 saturated carbocycles. The van der Waals surface area contributed by atoms with Crippen LogP contribution in [-0.2, 0) is 9.63 Å². The highest BCUT2D eigenvalue weighted by atomic mass is 35.5. The zero-order chi connectivity index (χ0) is 12.3. The summed E-state index contributed by atoms with van der Waals surface area (Å²) in [5.41, 5.74) is 1.98. The van der Waals surface area contributed by atoms with Gasteiger partial charge in [0.15, 0.2) is 0 Å². The van der Waals surface area contributed by atoms with Crippen molar-refractivity contribution in [2.75, 3.05) is 0 Å². The number of hydroxylamine groups is 1. The molecule has 0 saturated heterocycles. The Morgan fingerprint density at radius 3 is 2.38 bits per heavy atom. The van der Waals surface area contributed by atoms with Crippen molar-refractivity contribution in [3.63, 3.8) is 0 Å². The van der Waals surface area contributed by atoms with Gasteiger partial charge in [-0.2, -0.15) is 5.48 Å². The van der Waals surface area contributed by atoms with Gasteiger partial charge in [0.2, 0.25) is 0 Å². The SMILES string of the molecule is CC(=O)ONC(=O)c1ccc(Cl)c(Cl)c1Cl. The average molecular weight is 283 g/mol. The summed E-state index contributed by atoms with van der Waals surface area (Å²) in [5.74, 6) is -1.33. The Kier molecular flexibility index (Phi) is 4.41. The quantitative estimate of drug-likeness (QED) is 0.636. The van der Waals surface area contributed by atoms with Crippen molar-refractivity contribution in [2.45, 2.75) is 6.92 Å². The first kappa shape index (κ1) is 13.1. The predicted octanol–water partition coefficient (Wildman–Crippen LogP) is 2.85. The molecule has 86 valence electrons. The van der Waals surface area contributed by atoms with E-state index in [1.165, 1.54) is 12.1 Å². The van der Waals surface area contributed by atoms with Crippen LogP contribution in [0.2, 0.25) is 15.1 Å². The summed E-state index contributed by atoms with van der Waals surface area (Å²) in [7, 11) is 0. The molecule has 1 aromatic rings. The fourth-order valence-electron chi connectivity index (χ4n) is 0.874. The molecule has 0 unspecified atom stereocenters. The molecule has 4 nitrogen and oxygen atoms in total. The smallest absolute Gasteiger partial charge is 0.329 e. The lowest BCUT2D eigenvalue weighted by Crippen LogP contribution is -2.26. The molecule has 1 N–H and O–H groups in total. The van der Waals surface area contributed by atoms with E-state index in [2.05, 4.69) is 4.84 Å². The van der Waals surface area contributed by atoms with Crippen LogP contribution in [-0.4, -0.2) is 11.9 Å². The van der Waals surface area contributed by atoms with Gasteiger partial charge in [-0.05, 0) is 12.1 Å². The highest BCUT2D eigenvalue weighted by Crippen LogP contribution is 2.32. The van der Waals surface area contributed by atoms with Crippen LogP contribution >= 0.6 is 34.8 Å². The van der Waals surface area contributed by atoms with Crippen LogP contribution in [0.5, 0.6) is 0 Å². The van der Waals surface area contributed by atoms with Crippen molar-refractivity contribution in [1.82, 2.24) is 5.48 Å². The van der Waals surface area contributed by atoms with Crippen LogP contribution in [0.4, 0.5) is 0 Å². The van der Waals surface area contributed by atoms with E-state index in [1.807, 2.05) is 5.48 Å². The summed E-state index contributed by atoms with van der Waals surface area (Å²) >= 11 is 17.2. The van der Waals surface area contributed by atoms with Crippen LogP contribution < -0.4 is 5.48 Å². The molecular weight excluding hydrogens is 276 g/mol. The Hall–Kier alpha value is -0.970. The zero-order valence-electron chi connectivity index (χ0n) is 8.01. The molecule has 0 aliphatic rings. The lowest BCUT2D eigenvalue weighted by Gasteiger charge is -2.07. The topological polar surface area (TPSA) is 55.4 Å². The molecule has 0 atom stereocenters. The fourth-order valence-corrected chi connectivity index (χ4v) is 1.50. The number of amides is 1. The van der Waals surface area contributed by atoms with Crippen molar-refractivity contribution in [1.29, 1.82) is 0 Å². The normalized spacial score (nSPS) is 9.75. The van der Waals surface area contributed by atoms with E-state index in [0.29, 0.717) is 0 Å². The number of halogens is 3. The first-order valence-electron chi connectivity index (χ1n) is 4.04. The Morgan fingerprint density at radius 2 is 1.81 bits per heavy atom. The van der Waals surface area contributed by atoms with Crippen molar-refractivity contribution in [3.05, 3.63) is 32.8 Å². The Balaban J connectivity index is 2.92. The van der Waals surface area contributed by atoms with Crippen molar-refractivity contribution < 1.29 is 14.4 Å². The number of hydrogen-bond acceptors (Lipinski definition) is 3. The molecule has 0 aliphatic heterocycles. The lowest BCUT2D eigenvalue weighted by molar-refractivity contribution is -0.146. The average Bonchev–Trinajstić information content (AvgIpc) is 2.23. The third-order valence-electron chi connectivity index (χ3n) is 1.57. The summed E-state index contributed by atoms with van der Waals surface area (Å²) in [4.78, 5) is 26.2. The number of hydrogen-bond donors (Lipinski definition) is 1. The van der Waals surface area contributed by atoms with Crippen LogP contribution in [0.25, 0.3) is 0 Å². The van der Waals surface area contributed by atoms with Gasteiger partial charge >= 0.3 is 5.97 Å². The van der Waals surface area contributed by atoms with Crippen LogP contribution in [0, 0.1) is 0 Å². The summed E-state index contributed by atoms with van der Waals surface area (Å²) < 4.78 is 0. The third kappa shape index (κ3) is 3.01. The molecule has 1 rings (SSSR count). The van der Waals surface area contributed by atoms with Gasteiger partial charge in [-0.15, -0.1) is 0 Å². The largest absolute Gasteiger partial charge is 0.341 e. The van der Waals surface area contributed by atoms with Gasteiger partial charge in [-0.25, -0.2) is 0 Å². The standard InChI is InChI=1S/C9H6Cl3NO3/c1-4(14)16-13-9(15)5-2-3-6(10)8(12)7(5)11/h2-3H,1H3,(H,13,15). The van der Waals surface area contributed by atoms with Gasteiger partial charge in [0.25, 0.3) is 5.91 Å². The number of benzene rings is 1. The van der Waals surface area contributed by atoms with E-state index in [0.717, 1.165) is 6.92 Å². The van der Waals surface area contributed by atoms with Gasteiger partial charge in [0.05, 0.1) is 20.6 Å². The number of rotatable bonds is 1. The third-order valence-corrected chi connectivity index (χ3v) is 2.86. The summed E-state index contributed by atoms with van der Waals surface area (Å²) in [5, 5.41) is 0.299. The molecule has 0 heterocycles. The maximum absolute atomic E-state index is 11.5. The van der Waals surface area contributed by atoms with Gasteiger partial charge in [0, 0.05) is 6.92 Å². The summed E-state index contributed by atoms with van der Waals surface area (Å²) in [6.45, 7) is 1.15. The van der Waals surface area contributed by atoms with Crippen LogP contribution in [0.15, 0.2) is 12.1 Å². The number of nitrogens with one attached hydrogen (secondary N) is 1. The highest BCUT2D eigenvalue weighted by molar-refractivity contribution is 6.49. The molecule has 0 aliphatic carbocycles. The minimum Gasteiger partial charge on any atom is -0.341 e. The van der Waals surface area contributed by atoms with Crippen LogP contribution in [0.3, 0.4) is 0 Å². The fraction of sp³-hybridized carbons (Fsp3) is 0.111. The molecule has 0 spiro atoms. The Bertz CT molecular complexity index is 448. The summed E-state index contributed by atoms with van der Waals surface area (Å²) in [6.07, 6.45) is 0. The second-order valence-electron chi connectivity index (χ2n) is 2.75. The lowest BCUT2D eigenvalue weighted by atomic mass is 10.2. The highest BCUT2D eigenvalue weighted by Gasteiger charge is 2.15. The molecule has 16 heavy (non-hydrogen) atoms. The monoisotopic (exact) mass is 281 g/mol. The predicted molar refractivity (Wildman–Crippen MR) is 60.7 cm³/mol. The Labute approximate surface area is 106 Å². The van der Waals surface area contributed by atoms with E-state index < -0.39 is 11.9 Å². The minimum atomic E-state index is -0.682. The molecule has 0 radical (unpaired) electrons. The molecule has 0 aromatic heterocycles. The number of carbonyl (C=O) groups excluding carboxylic acids is 2. The maximum atomic E-state index is 11.5. The van der Waals surface area contributed by atoms with E-state index >= 15 is 0 Å². The maximum Gasteiger partial charge on any atom is 0.329 e. The van der Waals surface area contributed by atoms with Crippen molar-refractivity contribution in [3.8, 4) is 0 Å². The number of carbonyl (C=O) groups is 2. The first-order valence-corrected chi connectivity index (χ1v) is 5.18. The summed E-state index contributed by atoms with van der Waals surface area (Å²) in [6, 6.07) is 2.79. The van der Waals surface area contributed by atoms with Crippen molar-refractivity contribution >= 4 is 46.7 Å². The molecule has 1 aromatic carbocycles. The van der Waals surface area contributed by atoms with E-state index in [4.69, 9.17) is 34.8 Å². The van der Waals surface area contributed by atoms with E-state index in [1.54, 1.807) is 0 Å². The molecule has 1 amide bonds. The van der Waals surface area contributed by atoms with Gasteiger partial charge in [0.1, 0.15) is 0 Å². The van der Waals surface area contributed by atoms with E-state index in [9.17, 15) is 9.59 Å². The van der Waals surface area contributed by atoms with Crippen LogP contribution in [0.1, 0.15) is 17.3 Å². The molecular formula is C9H6Cl3NO3. The second-order valence-corrected chi connectivity index (χ2v) is 3.91. The first-order chi connectivity index (χ1) is 7.43. The zero-order valence-corrected chi connectivity index (χ0v) is 10.3. The minimum absolute atomic E-state index is 0.00109. The molecule has 0 bridgehead atoms. The van der Waals surface area contributed by atoms with Gasteiger partial charge in [-0.1, -0.05) is 34.8 Å². The molecule has 7 heteroatoms. The molecule has 0 fully saturated rings. The Morgan fingerprint density at radius 1 is 1.19 bits per heavy atom. The second kappa shape index (κ2) is 5.39. The van der Waals surface area contributed by atoms with Gasteiger partial charge < -0.3 is 4.84 Å². The van der Waals surface area contributed by atoms with E-state index in [-0.39, 0.29) is 20.6 Å².